The fourth-order valence-corrected chi connectivity index (χ4v) is 16.3. The maximum Gasteiger partial charge on any atom is 0.394 e. The predicted molar refractivity (Wildman–Crippen MR) is 427 cm³/mol. The second-order valence-corrected chi connectivity index (χ2v) is 28.6. The Morgan fingerprint density at radius 3 is 0.581 bits per heavy atom. The monoisotopic (exact) mass is 2520 g/mol. The molecule has 540 valence electrons. The highest BCUT2D eigenvalue weighted by Gasteiger charge is 2.35. The van der Waals surface area contributed by atoms with Gasteiger partial charge in [0, 0.05) is 22.1 Å². The Hall–Kier alpha value is -4.85. The number of halogens is 10. The van der Waals surface area contributed by atoms with Gasteiger partial charge in [0.15, 0.2) is 0 Å². The molecule has 0 radical (unpaired) electrons. The van der Waals surface area contributed by atoms with Crippen molar-refractivity contribution in [3.63, 3.8) is 0 Å². The maximum absolute atomic E-state index is 4.74. The SMILES string of the molecule is ICC1CNc2nc3c(cnn3-c3ccccc3)c[n+]21.ICC1CNc2nc3c(cnn3-c3ccccc3)c[n+]21.ICC1CNc2nc3c(cnn3-c3ccccc3)c[n+]21.ICC1CNc2nc3c(cnn3-c3ccccc3)c[n+]21.ICC1CNc2nc3c(cnn3-c3ccccc3)c[n+]21.[I-].[I-].[I-].[I-].[I-]. The van der Waals surface area contributed by atoms with Crippen LogP contribution < -0.4 is 169 Å². The van der Waals surface area contributed by atoms with Gasteiger partial charge in [0.2, 0.25) is 28.2 Å². The third-order valence-corrected chi connectivity index (χ3v) is 23.0. The van der Waals surface area contributed by atoms with E-state index in [1.54, 1.807) is 0 Å². The van der Waals surface area contributed by atoms with E-state index in [-0.39, 0.29) is 120 Å². The highest BCUT2D eigenvalue weighted by Crippen LogP contribution is 2.27. The Morgan fingerprint density at radius 2 is 0.429 bits per heavy atom. The van der Waals surface area contributed by atoms with Gasteiger partial charge in [-0.25, -0.2) is 46.2 Å². The van der Waals surface area contributed by atoms with Crippen LogP contribution in [-0.4, -0.2) is 129 Å². The molecule has 105 heavy (non-hydrogen) atoms. The van der Waals surface area contributed by atoms with Gasteiger partial charge in [-0.1, -0.05) is 229 Å². The molecular formula is C70H65I10N25. The number of nitrogens with one attached hydrogen (secondary N) is 5. The number of fused-ring (bicyclic) bond motifs is 10. The second kappa shape index (κ2) is 37.2. The van der Waals surface area contributed by atoms with Gasteiger partial charge in [0.1, 0.15) is 30.2 Å². The quantitative estimate of drug-likeness (QED) is 0.0495. The topological polar surface area (TPSA) is 233 Å². The van der Waals surface area contributed by atoms with Crippen molar-refractivity contribution >= 4 is 198 Å². The van der Waals surface area contributed by atoms with Gasteiger partial charge in [-0.2, -0.15) is 25.5 Å². The molecule has 5 N–H and O–H groups in total. The molecule has 5 aliphatic rings. The molecule has 35 heteroatoms. The summed E-state index contributed by atoms with van der Waals surface area (Å²) in [6, 6.07) is 52.9. The number of alkyl halides is 5. The number of para-hydroxylation sites is 5. The van der Waals surface area contributed by atoms with Crippen molar-refractivity contribution in [2.45, 2.75) is 30.2 Å². The van der Waals surface area contributed by atoms with E-state index >= 15 is 0 Å². The largest absolute Gasteiger partial charge is 1.00 e. The first-order valence-electron chi connectivity index (χ1n) is 32.6. The summed E-state index contributed by atoms with van der Waals surface area (Å²) in [5.74, 6) is 4.64. The third-order valence-electron chi connectivity index (χ3n) is 17.9. The maximum atomic E-state index is 4.74. The molecule has 15 aromatic rings. The van der Waals surface area contributed by atoms with Crippen molar-refractivity contribution in [1.82, 2.24) is 73.8 Å². The summed E-state index contributed by atoms with van der Waals surface area (Å²) in [6.07, 6.45) is 20.1. The van der Waals surface area contributed by atoms with Crippen molar-refractivity contribution in [1.29, 1.82) is 0 Å². The number of anilines is 5. The van der Waals surface area contributed by atoms with Crippen LogP contribution in [0.4, 0.5) is 29.7 Å². The van der Waals surface area contributed by atoms with E-state index in [2.05, 4.69) is 219 Å². The predicted octanol–water partition coefficient (Wildman–Crippen LogP) is -4.43. The van der Waals surface area contributed by atoms with Crippen molar-refractivity contribution in [3.05, 3.63) is 214 Å². The van der Waals surface area contributed by atoms with Crippen molar-refractivity contribution in [3.8, 4) is 28.4 Å². The Kier molecular flexibility index (Phi) is 28.8. The Balaban J connectivity index is 0.000000130. The van der Waals surface area contributed by atoms with E-state index in [1.807, 2.05) is 206 Å². The first-order chi connectivity index (χ1) is 49.3. The van der Waals surface area contributed by atoms with E-state index < -0.39 is 0 Å². The van der Waals surface area contributed by atoms with E-state index in [1.165, 1.54) is 0 Å². The van der Waals surface area contributed by atoms with E-state index in [9.17, 15) is 0 Å². The first-order valence-corrected chi connectivity index (χ1v) is 40.2. The van der Waals surface area contributed by atoms with Gasteiger partial charge >= 0.3 is 29.7 Å². The fourth-order valence-electron chi connectivity index (χ4n) is 12.7. The zero-order chi connectivity index (χ0) is 67.6. The molecule has 20 rings (SSSR count). The molecule has 5 aromatic carbocycles. The van der Waals surface area contributed by atoms with Crippen molar-refractivity contribution < 1.29 is 143 Å². The van der Waals surface area contributed by atoms with E-state index in [4.69, 9.17) is 24.9 Å². The number of rotatable bonds is 10. The van der Waals surface area contributed by atoms with Crippen LogP contribution in [0.5, 0.6) is 0 Å². The average molecular weight is 2530 g/mol. The van der Waals surface area contributed by atoms with Gasteiger partial charge in [-0.15, -0.1) is 0 Å². The summed E-state index contributed by atoms with van der Waals surface area (Å²) in [5, 5.41) is 44.5. The number of aromatic nitrogens is 20. The standard InChI is InChI=1S/5C14H12IN5.5HI/c5*15-6-12-8-16-14-18-13-10(9-19(12)14)7-17-20(13)11-4-2-1-3-5-11;;;;;/h5*1-5,7,9,12H,6,8H2;5*1H. The summed E-state index contributed by atoms with van der Waals surface area (Å²) >= 11 is 12.1. The van der Waals surface area contributed by atoms with Crippen LogP contribution in [0.2, 0.25) is 0 Å². The van der Waals surface area contributed by atoms with Gasteiger partial charge in [-0.3, -0.25) is 26.6 Å². The lowest BCUT2D eigenvalue weighted by Gasteiger charge is -2.03. The average Bonchev–Trinajstić information content (AvgIpc) is 1.66. The van der Waals surface area contributed by atoms with Crippen molar-refractivity contribution in [2.24, 2.45) is 0 Å². The molecule has 0 aliphatic carbocycles. The molecule has 0 fully saturated rings. The van der Waals surface area contributed by atoms with Crippen LogP contribution in [0.15, 0.2) is 214 Å². The highest BCUT2D eigenvalue weighted by molar-refractivity contribution is 14.1. The van der Waals surface area contributed by atoms with Crippen LogP contribution in [0, 0.1) is 0 Å². The molecule has 0 saturated carbocycles. The molecule has 0 spiro atoms. The lowest BCUT2D eigenvalue weighted by Crippen LogP contribution is -3.00. The highest BCUT2D eigenvalue weighted by atomic mass is 127. The summed E-state index contributed by atoms with van der Waals surface area (Å²) in [6.45, 7) is 4.73. The van der Waals surface area contributed by atoms with Crippen LogP contribution in [0.1, 0.15) is 30.2 Å². The smallest absolute Gasteiger partial charge is 0.394 e. The van der Waals surface area contributed by atoms with Crippen LogP contribution in [-0.2, 0) is 0 Å². The lowest BCUT2D eigenvalue weighted by atomic mass is 10.3. The normalized spacial score (nSPS) is 16.3. The van der Waals surface area contributed by atoms with E-state index in [0.717, 1.165) is 168 Å². The van der Waals surface area contributed by atoms with Gasteiger partial charge in [0.05, 0.1) is 150 Å². The van der Waals surface area contributed by atoms with Gasteiger partial charge in [-0.05, 0) is 60.7 Å². The molecule has 5 aliphatic heterocycles. The van der Waals surface area contributed by atoms with Gasteiger partial charge < -0.3 is 120 Å². The summed E-state index contributed by atoms with van der Waals surface area (Å²) in [7, 11) is 0. The zero-order valence-electron chi connectivity index (χ0n) is 55.4. The summed E-state index contributed by atoms with van der Waals surface area (Å²) < 4.78 is 25.9. The minimum absolute atomic E-state index is 0. The Morgan fingerprint density at radius 1 is 0.267 bits per heavy atom. The lowest BCUT2D eigenvalue weighted by molar-refractivity contribution is -0.692. The number of nitrogens with zero attached hydrogens (tertiary/aromatic N) is 20. The van der Waals surface area contributed by atoms with Crippen LogP contribution in [0.25, 0.3) is 83.6 Å². The molecule has 5 atom stereocenters. The molecular weight excluding hydrogens is 2460 g/mol. The molecule has 10 aromatic heterocycles. The fraction of sp³-hybridized carbons (Fsp3) is 0.214. The first kappa shape index (κ1) is 81.1. The molecule has 15 heterocycles. The van der Waals surface area contributed by atoms with Crippen LogP contribution in [0.3, 0.4) is 0 Å². The van der Waals surface area contributed by atoms with Crippen LogP contribution >= 0.6 is 113 Å². The Labute approximate surface area is 757 Å². The summed E-state index contributed by atoms with van der Waals surface area (Å²) in [5.41, 5.74) is 9.62. The number of hydrogen-bond acceptors (Lipinski definition) is 15. The minimum Gasteiger partial charge on any atom is -1.00 e. The number of hydrogen-bond donors (Lipinski definition) is 5. The third kappa shape index (κ3) is 16.9. The van der Waals surface area contributed by atoms with E-state index in [0.29, 0.717) is 30.2 Å². The molecule has 0 saturated heterocycles. The molecule has 25 nitrogen and oxygen atoms in total. The van der Waals surface area contributed by atoms with Gasteiger partial charge in [0.25, 0.3) is 0 Å². The number of benzene rings is 5. The minimum atomic E-state index is 0. The summed E-state index contributed by atoms with van der Waals surface area (Å²) in [4.78, 5) is 23.7. The van der Waals surface area contributed by atoms with Crippen molar-refractivity contribution in [2.75, 3.05) is 81.4 Å². The zero-order valence-corrected chi connectivity index (χ0v) is 77.0. The Bertz CT molecular complexity index is 4630. The molecule has 5 unspecified atom stereocenters. The molecule has 0 amide bonds. The molecule has 0 bridgehead atoms. The second-order valence-electron chi connectivity index (χ2n) is 24.2.